The molecule has 0 amide bonds. The number of hydrogen-bond acceptors (Lipinski definition) is 1. The Morgan fingerprint density at radius 2 is 1.83 bits per heavy atom. The van der Waals surface area contributed by atoms with Crippen LogP contribution in [0.1, 0.15) is 24.6 Å². The number of rotatable bonds is 2. The Morgan fingerprint density at radius 3 is 2.50 bits per heavy atom. The lowest BCUT2D eigenvalue weighted by Gasteiger charge is -2.02. The molecule has 0 spiro atoms. The van der Waals surface area contributed by atoms with Crippen molar-refractivity contribution in [1.29, 1.82) is 0 Å². The summed E-state index contributed by atoms with van der Waals surface area (Å²) in [7, 11) is 2.15. The molecule has 3 rings (SSSR count). The highest BCUT2D eigenvalue weighted by Crippen LogP contribution is 2.34. The van der Waals surface area contributed by atoms with Crippen LogP contribution in [0.15, 0.2) is 42.5 Å². The smallest absolute Gasteiger partial charge is 0.0590 e. The molecule has 3 aromatic rings. The Balaban J connectivity index is 2.15. The van der Waals surface area contributed by atoms with Gasteiger partial charge in [-0.3, -0.25) is 0 Å². The summed E-state index contributed by atoms with van der Waals surface area (Å²) < 4.78 is 2.28. The first kappa shape index (κ1) is 11.5. The van der Waals surface area contributed by atoms with Crippen LogP contribution in [0.2, 0.25) is 0 Å². The van der Waals surface area contributed by atoms with Gasteiger partial charge in [0, 0.05) is 22.8 Å². The van der Waals surface area contributed by atoms with Crippen LogP contribution in [0.25, 0.3) is 21.5 Å². The molecule has 0 aliphatic heterocycles. The highest BCUT2D eigenvalue weighted by atomic mass is 32.1. The van der Waals surface area contributed by atoms with Crippen molar-refractivity contribution in [3.63, 3.8) is 0 Å². The summed E-state index contributed by atoms with van der Waals surface area (Å²) in [4.78, 5) is 2.81. The fraction of sp³-hybridized carbons (Fsp3) is 0.250. The molecule has 0 saturated carbocycles. The van der Waals surface area contributed by atoms with Crippen molar-refractivity contribution >= 4 is 22.2 Å². The van der Waals surface area contributed by atoms with E-state index in [1.54, 1.807) is 0 Å². The maximum Gasteiger partial charge on any atom is 0.0590 e. The average Bonchev–Trinajstić information content (AvgIpc) is 2.95. The lowest BCUT2D eigenvalue weighted by molar-refractivity contribution is 0.890. The van der Waals surface area contributed by atoms with Crippen molar-refractivity contribution in [2.45, 2.75) is 19.8 Å². The monoisotopic (exact) mass is 255 g/mol. The van der Waals surface area contributed by atoms with Crippen LogP contribution in [-0.4, -0.2) is 4.57 Å². The fourth-order valence-electron chi connectivity index (χ4n) is 2.33. The second kappa shape index (κ2) is 4.29. The first-order chi connectivity index (χ1) is 8.66. The quantitative estimate of drug-likeness (QED) is 0.605. The van der Waals surface area contributed by atoms with Crippen LogP contribution in [0.5, 0.6) is 0 Å². The Labute approximate surface area is 112 Å². The third kappa shape index (κ3) is 1.77. The van der Waals surface area contributed by atoms with Crippen molar-refractivity contribution in [1.82, 2.24) is 4.57 Å². The Morgan fingerprint density at radius 1 is 1.06 bits per heavy atom. The number of aryl methyl sites for hydroxylation is 1. The van der Waals surface area contributed by atoms with E-state index >= 15 is 0 Å². The number of thiophene rings is 1. The van der Waals surface area contributed by atoms with Gasteiger partial charge in [0.25, 0.3) is 0 Å². The predicted octanol–water partition coefficient (Wildman–Crippen LogP) is 5.03. The van der Waals surface area contributed by atoms with Crippen LogP contribution in [-0.2, 0) is 7.05 Å². The molecule has 0 bridgehead atoms. The van der Waals surface area contributed by atoms with Crippen molar-refractivity contribution in [2.75, 3.05) is 0 Å². The molecule has 92 valence electrons. The Kier molecular flexibility index (Phi) is 2.75. The molecule has 0 aliphatic carbocycles. The average molecular weight is 255 g/mol. The van der Waals surface area contributed by atoms with Crippen LogP contribution in [0.4, 0.5) is 0 Å². The molecule has 1 aromatic carbocycles. The number of hydrogen-bond donors (Lipinski definition) is 0. The van der Waals surface area contributed by atoms with Gasteiger partial charge in [-0.05, 0) is 30.2 Å². The van der Waals surface area contributed by atoms with E-state index in [9.17, 15) is 0 Å². The fourth-order valence-corrected chi connectivity index (χ4v) is 3.39. The van der Waals surface area contributed by atoms with E-state index in [4.69, 9.17) is 0 Å². The Hall–Kier alpha value is -1.54. The third-order valence-electron chi connectivity index (χ3n) is 3.40. The molecule has 2 heteroatoms. The molecule has 0 fully saturated rings. The van der Waals surface area contributed by atoms with E-state index in [1.807, 2.05) is 11.3 Å². The van der Waals surface area contributed by atoms with E-state index in [0.717, 1.165) is 0 Å². The molecule has 0 saturated heterocycles. The van der Waals surface area contributed by atoms with Gasteiger partial charge in [0.2, 0.25) is 0 Å². The summed E-state index contributed by atoms with van der Waals surface area (Å²) in [5, 5.41) is 1.31. The normalized spacial score (nSPS) is 11.6. The molecule has 18 heavy (non-hydrogen) atoms. The molecule has 2 aromatic heterocycles. The van der Waals surface area contributed by atoms with Gasteiger partial charge in [-0.2, -0.15) is 0 Å². The zero-order valence-electron chi connectivity index (χ0n) is 11.0. The van der Waals surface area contributed by atoms with Crippen LogP contribution in [0, 0.1) is 0 Å². The van der Waals surface area contributed by atoms with E-state index < -0.39 is 0 Å². The van der Waals surface area contributed by atoms with Crippen LogP contribution < -0.4 is 0 Å². The number of nitrogens with zero attached hydrogens (tertiary/aromatic N) is 1. The molecule has 0 atom stereocenters. The predicted molar refractivity (Wildman–Crippen MR) is 80.3 cm³/mol. The van der Waals surface area contributed by atoms with Gasteiger partial charge in [0.05, 0.1) is 10.6 Å². The topological polar surface area (TPSA) is 4.93 Å². The molecular formula is C16H17NS. The molecule has 0 N–H and O–H groups in total. The molecule has 0 unspecified atom stereocenters. The van der Waals surface area contributed by atoms with Crippen molar-refractivity contribution in [2.24, 2.45) is 7.05 Å². The zero-order valence-corrected chi connectivity index (χ0v) is 11.8. The first-order valence-corrected chi connectivity index (χ1v) is 7.13. The largest absolute Gasteiger partial charge is 0.343 e. The van der Waals surface area contributed by atoms with Gasteiger partial charge < -0.3 is 4.57 Å². The maximum absolute atomic E-state index is 2.28. The SMILES string of the molecule is CC(C)c1ccc(-c2cc3ccccc3n2C)s1. The van der Waals surface area contributed by atoms with E-state index in [2.05, 4.69) is 67.9 Å². The van der Waals surface area contributed by atoms with Crippen LogP contribution in [0.3, 0.4) is 0 Å². The van der Waals surface area contributed by atoms with Gasteiger partial charge in [0.1, 0.15) is 0 Å². The molecule has 2 heterocycles. The Bertz CT molecular complexity index is 688. The summed E-state index contributed by atoms with van der Waals surface area (Å²) in [5.74, 6) is 0.610. The summed E-state index contributed by atoms with van der Waals surface area (Å²) >= 11 is 1.90. The minimum absolute atomic E-state index is 0.610. The van der Waals surface area contributed by atoms with Crippen LogP contribution >= 0.6 is 11.3 Å². The lowest BCUT2D eigenvalue weighted by Crippen LogP contribution is -1.88. The van der Waals surface area contributed by atoms with Crippen molar-refractivity contribution in [3.8, 4) is 10.6 Å². The van der Waals surface area contributed by atoms with Gasteiger partial charge >= 0.3 is 0 Å². The molecule has 0 aliphatic rings. The first-order valence-electron chi connectivity index (χ1n) is 6.31. The lowest BCUT2D eigenvalue weighted by atomic mass is 10.2. The number of aromatic nitrogens is 1. The second-order valence-electron chi connectivity index (χ2n) is 5.00. The minimum Gasteiger partial charge on any atom is -0.343 e. The van der Waals surface area contributed by atoms with Gasteiger partial charge in [-0.25, -0.2) is 0 Å². The van der Waals surface area contributed by atoms with E-state index in [0.29, 0.717) is 5.92 Å². The molecule has 0 radical (unpaired) electrons. The summed E-state index contributed by atoms with van der Waals surface area (Å²) in [5.41, 5.74) is 2.61. The van der Waals surface area contributed by atoms with Crippen molar-refractivity contribution < 1.29 is 0 Å². The summed E-state index contributed by atoms with van der Waals surface area (Å²) in [6, 6.07) is 15.3. The standard InChI is InChI=1S/C16H17NS/c1-11(2)15-8-9-16(18-15)14-10-12-6-4-5-7-13(12)17(14)3/h4-11H,1-3H3. The number of fused-ring (bicyclic) bond motifs is 1. The number of benzene rings is 1. The second-order valence-corrected chi connectivity index (χ2v) is 6.12. The maximum atomic E-state index is 2.28. The van der Waals surface area contributed by atoms with Gasteiger partial charge in [0.15, 0.2) is 0 Å². The van der Waals surface area contributed by atoms with Gasteiger partial charge in [-0.1, -0.05) is 32.0 Å². The molecule has 1 nitrogen and oxygen atoms in total. The van der Waals surface area contributed by atoms with E-state index in [-0.39, 0.29) is 0 Å². The summed E-state index contributed by atoms with van der Waals surface area (Å²) in [6.07, 6.45) is 0. The molecular weight excluding hydrogens is 238 g/mol. The summed E-state index contributed by atoms with van der Waals surface area (Å²) in [6.45, 7) is 4.49. The zero-order chi connectivity index (χ0) is 12.7. The highest BCUT2D eigenvalue weighted by molar-refractivity contribution is 7.15. The van der Waals surface area contributed by atoms with E-state index in [1.165, 1.54) is 26.4 Å². The number of para-hydroxylation sites is 1. The van der Waals surface area contributed by atoms with Crippen molar-refractivity contribution in [3.05, 3.63) is 47.3 Å². The minimum atomic E-state index is 0.610. The third-order valence-corrected chi connectivity index (χ3v) is 4.81. The highest BCUT2D eigenvalue weighted by Gasteiger charge is 2.10. The van der Waals surface area contributed by atoms with Gasteiger partial charge in [-0.15, -0.1) is 11.3 Å².